The molecule has 2 aliphatic carbocycles. The highest BCUT2D eigenvalue weighted by molar-refractivity contribution is 14.1. The predicted molar refractivity (Wildman–Crippen MR) is 85.3 cm³/mol. The van der Waals surface area contributed by atoms with Crippen LogP contribution < -0.4 is 0 Å². The van der Waals surface area contributed by atoms with E-state index in [0.717, 1.165) is 17.0 Å². The third kappa shape index (κ3) is 2.43. The molecule has 6 unspecified atom stereocenters. The fourth-order valence-corrected chi connectivity index (χ4v) is 4.44. The van der Waals surface area contributed by atoms with Crippen LogP contribution in [0.15, 0.2) is 0 Å². The SMILES string of the molecule is O=C(OC1C2CC3CCCOC1C3C2)C(I)CI. The Balaban J connectivity index is 1.69. The quantitative estimate of drug-likeness (QED) is 0.357. The highest BCUT2D eigenvalue weighted by atomic mass is 127. The normalized spacial score (nSPS) is 43.6. The van der Waals surface area contributed by atoms with Gasteiger partial charge in [-0.05, 0) is 43.4 Å². The Kier molecular flexibility index (Phi) is 4.40. The molecule has 3 fully saturated rings. The zero-order valence-electron chi connectivity index (χ0n) is 10.2. The van der Waals surface area contributed by atoms with Crippen LogP contribution >= 0.6 is 45.2 Å². The molecule has 5 heteroatoms. The minimum absolute atomic E-state index is 0.0242. The number of hydrogen-bond donors (Lipinski definition) is 0. The van der Waals surface area contributed by atoms with E-state index in [1.807, 2.05) is 0 Å². The van der Waals surface area contributed by atoms with E-state index >= 15 is 0 Å². The van der Waals surface area contributed by atoms with E-state index < -0.39 is 0 Å². The van der Waals surface area contributed by atoms with Gasteiger partial charge >= 0.3 is 5.97 Å². The number of rotatable bonds is 3. The Morgan fingerprint density at radius 2 is 2.22 bits per heavy atom. The highest BCUT2D eigenvalue weighted by Gasteiger charge is 2.55. The van der Waals surface area contributed by atoms with Crippen molar-refractivity contribution in [1.82, 2.24) is 0 Å². The molecule has 3 nitrogen and oxygen atoms in total. The van der Waals surface area contributed by atoms with Crippen molar-refractivity contribution in [2.45, 2.75) is 41.8 Å². The molecular weight excluding hydrogens is 458 g/mol. The minimum Gasteiger partial charge on any atom is -0.458 e. The number of alkyl halides is 2. The molecule has 0 aromatic rings. The first kappa shape index (κ1) is 13.9. The summed E-state index contributed by atoms with van der Waals surface area (Å²) in [5, 5.41) is 0. The Bertz CT molecular complexity index is 334. The number of halogens is 2. The highest BCUT2D eigenvalue weighted by Crippen LogP contribution is 2.53. The fourth-order valence-electron chi connectivity index (χ4n) is 3.93. The maximum atomic E-state index is 12.0. The number of hydrogen-bond acceptors (Lipinski definition) is 3. The first-order valence-corrected chi connectivity index (χ1v) is 9.50. The van der Waals surface area contributed by atoms with E-state index in [9.17, 15) is 4.79 Å². The van der Waals surface area contributed by atoms with Gasteiger partial charge in [-0.1, -0.05) is 45.2 Å². The molecule has 3 rings (SSSR count). The lowest BCUT2D eigenvalue weighted by molar-refractivity contribution is -0.161. The molecule has 0 spiro atoms. The van der Waals surface area contributed by atoms with Crippen molar-refractivity contribution in [3.05, 3.63) is 0 Å². The summed E-state index contributed by atoms with van der Waals surface area (Å²) in [5.41, 5.74) is 0. The van der Waals surface area contributed by atoms with E-state index in [1.54, 1.807) is 0 Å². The molecule has 1 saturated heterocycles. The summed E-state index contributed by atoms with van der Waals surface area (Å²) < 4.78 is 12.5. The standard InChI is InChI=1S/C13H18I2O3/c14-6-10(15)13(16)18-11-8-4-7-2-1-3-17-12(11)9(7)5-8/h7-12H,1-6H2. The predicted octanol–water partition coefficient (Wildman–Crippen LogP) is 2.97. The number of esters is 1. The molecule has 18 heavy (non-hydrogen) atoms. The summed E-state index contributed by atoms with van der Waals surface area (Å²) in [6.45, 7) is 0.846. The Morgan fingerprint density at radius 3 is 3.00 bits per heavy atom. The smallest absolute Gasteiger partial charge is 0.320 e. The lowest BCUT2D eigenvalue weighted by Gasteiger charge is -2.33. The molecule has 0 N–H and O–H groups in total. The molecule has 2 saturated carbocycles. The van der Waals surface area contributed by atoms with Crippen molar-refractivity contribution in [2.24, 2.45) is 17.8 Å². The van der Waals surface area contributed by atoms with Crippen LogP contribution in [0.3, 0.4) is 0 Å². The first-order valence-electron chi connectivity index (χ1n) is 6.73. The molecule has 0 aromatic carbocycles. The van der Waals surface area contributed by atoms with Crippen LogP contribution in [0.4, 0.5) is 0 Å². The molecule has 1 aliphatic heterocycles. The molecule has 6 atom stereocenters. The largest absolute Gasteiger partial charge is 0.458 e. The van der Waals surface area contributed by atoms with Crippen LogP contribution in [-0.4, -0.2) is 33.1 Å². The van der Waals surface area contributed by atoms with Gasteiger partial charge in [-0.2, -0.15) is 0 Å². The Hall–Kier alpha value is 0.890. The summed E-state index contributed by atoms with van der Waals surface area (Å²) in [5.74, 6) is 2.00. The van der Waals surface area contributed by atoms with Crippen molar-refractivity contribution >= 4 is 51.2 Å². The average molecular weight is 476 g/mol. The van der Waals surface area contributed by atoms with Crippen molar-refractivity contribution in [1.29, 1.82) is 0 Å². The van der Waals surface area contributed by atoms with Gasteiger partial charge in [0.25, 0.3) is 0 Å². The lowest BCUT2D eigenvalue weighted by Crippen LogP contribution is -2.41. The van der Waals surface area contributed by atoms with Gasteiger partial charge in [0, 0.05) is 11.0 Å². The number of carbonyl (C=O) groups is 1. The van der Waals surface area contributed by atoms with Gasteiger partial charge in [0.15, 0.2) is 0 Å². The van der Waals surface area contributed by atoms with E-state index in [0.29, 0.717) is 11.8 Å². The van der Waals surface area contributed by atoms with Gasteiger partial charge < -0.3 is 9.47 Å². The number of carbonyl (C=O) groups excluding carboxylic acids is 1. The summed E-state index contributed by atoms with van der Waals surface area (Å²) in [6.07, 6.45) is 5.17. The Morgan fingerprint density at radius 1 is 1.39 bits per heavy atom. The topological polar surface area (TPSA) is 35.5 Å². The number of ether oxygens (including phenoxy) is 2. The second-order valence-electron chi connectivity index (χ2n) is 5.66. The maximum Gasteiger partial charge on any atom is 0.320 e. The van der Waals surface area contributed by atoms with Gasteiger partial charge in [0.2, 0.25) is 0 Å². The van der Waals surface area contributed by atoms with Crippen molar-refractivity contribution in [3.8, 4) is 0 Å². The van der Waals surface area contributed by atoms with Crippen molar-refractivity contribution in [2.75, 3.05) is 11.0 Å². The second kappa shape index (κ2) is 5.71. The molecule has 2 bridgehead atoms. The molecule has 0 amide bonds. The molecule has 1 heterocycles. The number of fused-ring (bicyclic) bond motifs is 1. The van der Waals surface area contributed by atoms with E-state index in [-0.39, 0.29) is 22.1 Å². The van der Waals surface area contributed by atoms with Gasteiger partial charge in [-0.25, -0.2) is 0 Å². The molecule has 0 aromatic heterocycles. The summed E-state index contributed by atoms with van der Waals surface area (Å²) in [6, 6.07) is 0. The van der Waals surface area contributed by atoms with Crippen LogP contribution in [0.25, 0.3) is 0 Å². The van der Waals surface area contributed by atoms with Gasteiger partial charge in [0.1, 0.15) is 10.0 Å². The zero-order valence-corrected chi connectivity index (χ0v) is 14.5. The average Bonchev–Trinajstić information content (AvgIpc) is 2.89. The summed E-state index contributed by atoms with van der Waals surface area (Å²) >= 11 is 4.40. The van der Waals surface area contributed by atoms with Crippen LogP contribution in [0.2, 0.25) is 0 Å². The lowest BCUT2D eigenvalue weighted by atomic mass is 9.83. The third-order valence-electron chi connectivity index (χ3n) is 4.67. The molecule has 0 radical (unpaired) electrons. The van der Waals surface area contributed by atoms with Gasteiger partial charge in [0.05, 0.1) is 6.10 Å². The third-order valence-corrected chi connectivity index (χ3v) is 8.18. The van der Waals surface area contributed by atoms with Gasteiger partial charge in [-0.3, -0.25) is 4.79 Å². The summed E-state index contributed by atoms with van der Waals surface area (Å²) in [4.78, 5) is 12.0. The van der Waals surface area contributed by atoms with E-state index in [4.69, 9.17) is 9.47 Å². The second-order valence-corrected chi connectivity index (χ2v) is 8.04. The maximum absolute atomic E-state index is 12.0. The fraction of sp³-hybridized carbons (Fsp3) is 0.923. The zero-order chi connectivity index (χ0) is 12.7. The van der Waals surface area contributed by atoms with Gasteiger partial charge in [-0.15, -0.1) is 0 Å². The van der Waals surface area contributed by atoms with E-state index in [2.05, 4.69) is 45.2 Å². The molecular formula is C13H18I2O3. The van der Waals surface area contributed by atoms with Crippen LogP contribution in [0.5, 0.6) is 0 Å². The van der Waals surface area contributed by atoms with E-state index in [1.165, 1.54) is 25.7 Å². The first-order chi connectivity index (χ1) is 8.70. The van der Waals surface area contributed by atoms with Crippen LogP contribution in [0.1, 0.15) is 25.7 Å². The molecule has 3 aliphatic rings. The van der Waals surface area contributed by atoms with Crippen LogP contribution in [0, 0.1) is 17.8 Å². The van der Waals surface area contributed by atoms with Crippen molar-refractivity contribution < 1.29 is 14.3 Å². The Labute approximate surface area is 135 Å². The molecule has 102 valence electrons. The summed E-state index contributed by atoms with van der Waals surface area (Å²) in [7, 11) is 0. The monoisotopic (exact) mass is 476 g/mol. The van der Waals surface area contributed by atoms with Crippen molar-refractivity contribution in [3.63, 3.8) is 0 Å². The van der Waals surface area contributed by atoms with Crippen LogP contribution in [-0.2, 0) is 14.3 Å². The minimum atomic E-state index is -0.0491.